The van der Waals surface area contributed by atoms with Gasteiger partial charge in [0.15, 0.2) is 10.9 Å². The molecule has 0 amide bonds. The first-order chi connectivity index (χ1) is 16.3. The standard InChI is InChI=1S/C27H33N3O4S/c1-24(2)15-9-11-26(24,5)21(19(15)31)29-18-13-14(30(33)34)7-8-17(18)28-23(29)35-22-20(32)16-10-12-27(22,6)25(16,3)4/h7-8,13,15-16,21-22H,9-12H2,1-6H3/t15-,16+,21-,22-,26-,27+/m1/s1. The summed E-state index contributed by atoms with van der Waals surface area (Å²) < 4.78 is 1.98. The van der Waals surface area contributed by atoms with Crippen LogP contribution in [0, 0.1) is 43.6 Å². The third kappa shape index (κ3) is 2.57. The van der Waals surface area contributed by atoms with Gasteiger partial charge in [-0.1, -0.05) is 53.3 Å². The zero-order valence-corrected chi connectivity index (χ0v) is 22.1. The maximum Gasteiger partial charge on any atom is 0.271 e. The molecule has 4 aliphatic rings. The zero-order chi connectivity index (χ0) is 25.3. The maximum absolute atomic E-state index is 13.8. The van der Waals surface area contributed by atoms with E-state index < -0.39 is 11.0 Å². The van der Waals surface area contributed by atoms with Crippen LogP contribution in [-0.2, 0) is 9.59 Å². The first kappa shape index (κ1) is 23.2. The molecule has 4 bridgehead atoms. The summed E-state index contributed by atoms with van der Waals surface area (Å²) in [6, 6.07) is 4.25. The van der Waals surface area contributed by atoms with Crippen molar-refractivity contribution in [3.8, 4) is 0 Å². The lowest BCUT2D eigenvalue weighted by atomic mass is 9.69. The maximum atomic E-state index is 13.8. The lowest BCUT2D eigenvalue weighted by Gasteiger charge is -2.40. The van der Waals surface area contributed by atoms with E-state index in [-0.39, 0.29) is 56.0 Å². The van der Waals surface area contributed by atoms with Crippen molar-refractivity contribution in [1.82, 2.24) is 9.55 Å². The molecule has 6 rings (SSSR count). The largest absolute Gasteiger partial charge is 0.307 e. The van der Waals surface area contributed by atoms with E-state index in [4.69, 9.17) is 4.98 Å². The van der Waals surface area contributed by atoms with Crippen molar-refractivity contribution in [2.45, 2.75) is 83.7 Å². The minimum absolute atomic E-state index is 0.0145. The summed E-state index contributed by atoms with van der Waals surface area (Å²) in [5.41, 5.74) is 0.525. The van der Waals surface area contributed by atoms with Crippen molar-refractivity contribution >= 4 is 40.0 Å². The van der Waals surface area contributed by atoms with Crippen LogP contribution < -0.4 is 0 Å². The number of Topliss-reactive ketones (excluding diaryl/α,β-unsaturated/α-hetero) is 2. The molecule has 1 aromatic carbocycles. The number of hydrogen-bond donors (Lipinski definition) is 0. The molecule has 0 aliphatic heterocycles. The number of nitro benzene ring substituents is 1. The molecule has 0 radical (unpaired) electrons. The fourth-order valence-corrected chi connectivity index (χ4v) is 9.86. The first-order valence-corrected chi connectivity index (χ1v) is 13.5. The normalized spacial score (nSPS) is 38.7. The fraction of sp³-hybridized carbons (Fsp3) is 0.667. The summed E-state index contributed by atoms with van der Waals surface area (Å²) >= 11 is 1.49. The van der Waals surface area contributed by atoms with E-state index in [9.17, 15) is 19.7 Å². The molecule has 1 aromatic heterocycles. The van der Waals surface area contributed by atoms with Gasteiger partial charge in [-0.05, 0) is 48.0 Å². The molecule has 4 aliphatic carbocycles. The lowest BCUT2D eigenvalue weighted by Crippen LogP contribution is -2.37. The molecule has 0 unspecified atom stereocenters. The molecular formula is C27H33N3O4S. The Morgan fingerprint density at radius 3 is 2.11 bits per heavy atom. The highest BCUT2D eigenvalue weighted by atomic mass is 32.2. The first-order valence-electron chi connectivity index (χ1n) is 12.7. The van der Waals surface area contributed by atoms with Crippen molar-refractivity contribution in [2.75, 3.05) is 0 Å². The van der Waals surface area contributed by atoms with E-state index in [0.29, 0.717) is 16.2 Å². The van der Waals surface area contributed by atoms with Crippen LogP contribution in [0.4, 0.5) is 5.69 Å². The van der Waals surface area contributed by atoms with E-state index in [0.717, 1.165) is 25.7 Å². The Bertz CT molecular complexity index is 1330. The van der Waals surface area contributed by atoms with Gasteiger partial charge in [0.1, 0.15) is 11.8 Å². The Morgan fingerprint density at radius 1 is 0.971 bits per heavy atom. The second-order valence-electron chi connectivity index (χ2n) is 12.9. The van der Waals surface area contributed by atoms with Gasteiger partial charge in [-0.3, -0.25) is 19.7 Å². The molecule has 7 nitrogen and oxygen atoms in total. The van der Waals surface area contributed by atoms with Gasteiger partial charge in [0.2, 0.25) is 0 Å². The monoisotopic (exact) mass is 495 g/mol. The molecule has 0 saturated heterocycles. The number of nitrogens with zero attached hydrogens (tertiary/aromatic N) is 3. The predicted octanol–water partition coefficient (Wildman–Crippen LogP) is 6.00. The Hall–Kier alpha value is -2.22. The highest BCUT2D eigenvalue weighted by Gasteiger charge is 2.69. The molecule has 8 heteroatoms. The fourth-order valence-electron chi connectivity index (χ4n) is 8.22. The van der Waals surface area contributed by atoms with E-state index in [1.54, 1.807) is 12.1 Å². The Labute approximate surface area is 209 Å². The molecule has 186 valence electrons. The molecule has 35 heavy (non-hydrogen) atoms. The summed E-state index contributed by atoms with van der Waals surface area (Å²) in [6.07, 6.45) is 3.73. The van der Waals surface area contributed by atoms with Crippen LogP contribution in [0.15, 0.2) is 23.4 Å². The number of imidazole rings is 1. The number of fused-ring (bicyclic) bond motifs is 5. The second kappa shape index (κ2) is 6.75. The Balaban J connectivity index is 1.54. The third-order valence-electron chi connectivity index (χ3n) is 11.3. The molecule has 4 saturated carbocycles. The highest BCUT2D eigenvalue weighted by Crippen LogP contribution is 2.70. The van der Waals surface area contributed by atoms with E-state index >= 15 is 0 Å². The van der Waals surface area contributed by atoms with E-state index in [2.05, 4.69) is 41.5 Å². The SMILES string of the molecule is CC1(C)[C@H]2CC[C@@]1(C)[C@H](Sc1nc3ccc([N+](=O)[O-])cc3n1[C@@H]1C(=O)[C@H]3CC[C@@]1(C)C3(C)C)C2=O. The van der Waals surface area contributed by atoms with Crippen LogP contribution in [0.5, 0.6) is 0 Å². The smallest absolute Gasteiger partial charge is 0.271 e. The number of ketones is 2. The van der Waals surface area contributed by atoms with E-state index in [1.165, 1.54) is 17.8 Å². The number of non-ortho nitro benzene ring substituents is 1. The van der Waals surface area contributed by atoms with Gasteiger partial charge in [-0.2, -0.15) is 0 Å². The van der Waals surface area contributed by atoms with Crippen molar-refractivity contribution in [1.29, 1.82) is 0 Å². The van der Waals surface area contributed by atoms with Crippen LogP contribution in [0.2, 0.25) is 0 Å². The van der Waals surface area contributed by atoms with Crippen LogP contribution >= 0.6 is 11.8 Å². The number of benzene rings is 1. The number of rotatable bonds is 4. The molecule has 0 spiro atoms. The van der Waals surface area contributed by atoms with Gasteiger partial charge in [0.25, 0.3) is 5.69 Å². The average molecular weight is 496 g/mol. The summed E-state index contributed by atoms with van der Waals surface area (Å²) in [5, 5.41) is 12.0. The minimum atomic E-state index is -0.444. The topological polar surface area (TPSA) is 95.1 Å². The van der Waals surface area contributed by atoms with Crippen molar-refractivity contribution in [2.24, 2.45) is 33.5 Å². The average Bonchev–Trinajstić information content (AvgIpc) is 3.40. The number of carbonyl (C=O) groups excluding carboxylic acids is 2. The van der Waals surface area contributed by atoms with E-state index in [1.807, 2.05) is 4.57 Å². The third-order valence-corrected chi connectivity index (χ3v) is 12.8. The lowest BCUT2D eigenvalue weighted by molar-refractivity contribution is -0.384. The summed E-state index contributed by atoms with van der Waals surface area (Å²) in [6.45, 7) is 13.2. The van der Waals surface area contributed by atoms with Gasteiger partial charge in [0, 0.05) is 29.4 Å². The summed E-state index contributed by atoms with van der Waals surface area (Å²) in [4.78, 5) is 43.5. The molecule has 0 N–H and O–H groups in total. The number of nitro groups is 1. The number of carbonyl (C=O) groups is 2. The molecule has 1 heterocycles. The highest BCUT2D eigenvalue weighted by molar-refractivity contribution is 8.00. The Morgan fingerprint density at radius 2 is 1.57 bits per heavy atom. The van der Waals surface area contributed by atoms with Crippen LogP contribution in [0.3, 0.4) is 0 Å². The zero-order valence-electron chi connectivity index (χ0n) is 21.3. The van der Waals surface area contributed by atoms with Gasteiger partial charge in [-0.15, -0.1) is 0 Å². The minimum Gasteiger partial charge on any atom is -0.307 e. The molecule has 2 aromatic rings. The van der Waals surface area contributed by atoms with Crippen LogP contribution in [0.1, 0.15) is 73.3 Å². The predicted molar refractivity (Wildman–Crippen MR) is 134 cm³/mol. The quantitative estimate of drug-likeness (QED) is 0.381. The van der Waals surface area contributed by atoms with Gasteiger partial charge < -0.3 is 4.57 Å². The molecule has 6 atom stereocenters. The van der Waals surface area contributed by atoms with Gasteiger partial charge in [0.05, 0.1) is 21.2 Å². The van der Waals surface area contributed by atoms with Crippen molar-refractivity contribution < 1.29 is 14.5 Å². The van der Waals surface area contributed by atoms with Gasteiger partial charge >= 0.3 is 0 Å². The molecular weight excluding hydrogens is 462 g/mol. The molecule has 4 fully saturated rings. The van der Waals surface area contributed by atoms with Gasteiger partial charge in [-0.25, -0.2) is 4.98 Å². The Kier molecular flexibility index (Phi) is 4.47. The van der Waals surface area contributed by atoms with Crippen LogP contribution in [0.25, 0.3) is 11.0 Å². The van der Waals surface area contributed by atoms with Crippen LogP contribution in [-0.4, -0.2) is 31.3 Å². The summed E-state index contributed by atoms with van der Waals surface area (Å²) in [7, 11) is 0. The number of hydrogen-bond acceptors (Lipinski definition) is 6. The second-order valence-corrected chi connectivity index (χ2v) is 13.9. The number of thioether (sulfide) groups is 1. The number of aromatic nitrogens is 2. The summed E-state index contributed by atoms with van der Waals surface area (Å²) in [5.74, 6) is 0.489. The van der Waals surface area contributed by atoms with Crippen molar-refractivity contribution in [3.05, 3.63) is 28.3 Å². The van der Waals surface area contributed by atoms with Crippen molar-refractivity contribution in [3.63, 3.8) is 0 Å².